The van der Waals surface area contributed by atoms with Crippen LogP contribution in [0, 0.1) is 16.0 Å². The van der Waals surface area contributed by atoms with Crippen LogP contribution in [0.4, 0.5) is 5.69 Å². The molecule has 1 fully saturated rings. The first kappa shape index (κ1) is 18.0. The van der Waals surface area contributed by atoms with Gasteiger partial charge in [-0.3, -0.25) is 14.9 Å². The number of non-ortho nitro benzene ring substituents is 1. The van der Waals surface area contributed by atoms with Gasteiger partial charge in [0.15, 0.2) is 0 Å². The summed E-state index contributed by atoms with van der Waals surface area (Å²) in [4.78, 5) is 25.0. The maximum Gasteiger partial charge on any atom is 0.269 e. The number of hydrogen-bond donors (Lipinski definition) is 0. The Kier molecular flexibility index (Phi) is 4.73. The molecule has 2 heterocycles. The molecule has 4 rings (SSSR count). The molecule has 144 valence electrons. The number of nitro groups is 1. The highest BCUT2D eigenvalue weighted by Crippen LogP contribution is 2.47. The summed E-state index contributed by atoms with van der Waals surface area (Å²) >= 11 is 0. The van der Waals surface area contributed by atoms with Crippen LogP contribution in [-0.2, 0) is 13.1 Å². The number of nitrogens with zero attached hydrogens (tertiary/aromatic N) is 2. The van der Waals surface area contributed by atoms with Crippen LogP contribution in [0.15, 0.2) is 63.6 Å². The van der Waals surface area contributed by atoms with Crippen molar-refractivity contribution in [1.29, 1.82) is 0 Å². The number of amides is 1. The van der Waals surface area contributed by atoms with Crippen LogP contribution >= 0.6 is 0 Å². The van der Waals surface area contributed by atoms with Crippen molar-refractivity contribution >= 4 is 11.6 Å². The molecule has 0 bridgehead atoms. The third kappa shape index (κ3) is 3.83. The third-order valence-corrected chi connectivity index (χ3v) is 5.04. The molecule has 3 aromatic rings. The minimum atomic E-state index is -0.488. The fourth-order valence-electron chi connectivity index (χ4n) is 3.28. The quantitative estimate of drug-likeness (QED) is 0.436. The molecule has 0 radical (unpaired) electrons. The van der Waals surface area contributed by atoms with Gasteiger partial charge in [-0.05, 0) is 48.7 Å². The third-order valence-electron chi connectivity index (χ3n) is 5.04. The molecule has 2 atom stereocenters. The Morgan fingerprint density at radius 2 is 1.86 bits per heavy atom. The molecule has 0 aliphatic heterocycles. The topological polar surface area (TPSA) is 89.7 Å². The minimum absolute atomic E-state index is 0.0524. The molecule has 7 heteroatoms. The second-order valence-electron chi connectivity index (χ2n) is 7.17. The van der Waals surface area contributed by atoms with E-state index in [-0.39, 0.29) is 24.7 Å². The molecule has 0 spiro atoms. The number of rotatable bonds is 7. The lowest BCUT2D eigenvalue weighted by molar-refractivity contribution is -0.384. The molecule has 1 aromatic carbocycles. The Bertz CT molecular complexity index is 975. The summed E-state index contributed by atoms with van der Waals surface area (Å²) in [5.74, 6) is 3.18. The zero-order chi connectivity index (χ0) is 19.7. The lowest BCUT2D eigenvalue weighted by Gasteiger charge is -2.20. The first-order chi connectivity index (χ1) is 13.5. The van der Waals surface area contributed by atoms with Crippen molar-refractivity contribution < 1.29 is 18.6 Å². The summed E-state index contributed by atoms with van der Waals surface area (Å²) in [7, 11) is 0. The normalized spacial score (nSPS) is 18.0. The number of nitro benzene ring substituents is 1. The maximum absolute atomic E-state index is 13.0. The number of furan rings is 2. The lowest BCUT2D eigenvalue weighted by Crippen LogP contribution is -2.29. The average Bonchev–Trinajstić information content (AvgIpc) is 3.07. The molecule has 7 nitrogen and oxygen atoms in total. The summed E-state index contributed by atoms with van der Waals surface area (Å²) in [6.07, 6.45) is 2.69. The predicted octanol–water partition coefficient (Wildman–Crippen LogP) is 4.75. The Balaban J connectivity index is 1.54. The van der Waals surface area contributed by atoms with Gasteiger partial charge < -0.3 is 13.7 Å². The van der Waals surface area contributed by atoms with Crippen LogP contribution in [0.1, 0.15) is 46.9 Å². The zero-order valence-electron chi connectivity index (χ0n) is 15.4. The van der Waals surface area contributed by atoms with Gasteiger partial charge in [-0.15, -0.1) is 0 Å². The van der Waals surface area contributed by atoms with E-state index in [4.69, 9.17) is 8.83 Å². The van der Waals surface area contributed by atoms with Crippen LogP contribution in [0.3, 0.4) is 0 Å². The number of benzene rings is 1. The number of carbonyl (C=O) groups is 1. The van der Waals surface area contributed by atoms with Crippen LogP contribution in [-0.4, -0.2) is 15.7 Å². The molecule has 1 aliphatic rings. The van der Waals surface area contributed by atoms with Gasteiger partial charge in [0.2, 0.25) is 0 Å². The van der Waals surface area contributed by atoms with Gasteiger partial charge in [0.1, 0.15) is 17.3 Å². The molecular weight excluding hydrogens is 360 g/mol. The minimum Gasteiger partial charge on any atom is -0.467 e. The summed E-state index contributed by atoms with van der Waals surface area (Å²) in [5.41, 5.74) is 0.322. The molecule has 2 aromatic heterocycles. The Hall–Kier alpha value is -3.35. The van der Waals surface area contributed by atoms with Crippen molar-refractivity contribution in [3.8, 4) is 0 Å². The molecule has 1 amide bonds. The molecule has 0 saturated heterocycles. The zero-order valence-corrected chi connectivity index (χ0v) is 15.4. The van der Waals surface area contributed by atoms with E-state index in [2.05, 4.69) is 6.92 Å². The van der Waals surface area contributed by atoms with Crippen LogP contribution in [0.25, 0.3) is 0 Å². The predicted molar refractivity (Wildman–Crippen MR) is 101 cm³/mol. The molecular formula is C21H20N2O5. The summed E-state index contributed by atoms with van der Waals surface area (Å²) in [6, 6.07) is 13.0. The van der Waals surface area contributed by atoms with Gasteiger partial charge in [-0.1, -0.05) is 6.92 Å². The van der Waals surface area contributed by atoms with E-state index in [0.717, 1.165) is 12.2 Å². The van der Waals surface area contributed by atoms with Crippen molar-refractivity contribution in [1.82, 2.24) is 4.90 Å². The van der Waals surface area contributed by atoms with Crippen molar-refractivity contribution in [3.63, 3.8) is 0 Å². The van der Waals surface area contributed by atoms with Gasteiger partial charge in [-0.25, -0.2) is 0 Å². The second kappa shape index (κ2) is 7.34. The van der Waals surface area contributed by atoms with E-state index >= 15 is 0 Å². The van der Waals surface area contributed by atoms with E-state index in [0.29, 0.717) is 28.9 Å². The number of hydrogen-bond acceptors (Lipinski definition) is 5. The molecule has 1 saturated carbocycles. The highest BCUT2D eigenvalue weighted by Gasteiger charge is 2.36. The summed E-state index contributed by atoms with van der Waals surface area (Å²) in [5, 5.41) is 10.8. The first-order valence-corrected chi connectivity index (χ1v) is 9.16. The van der Waals surface area contributed by atoms with Gasteiger partial charge >= 0.3 is 0 Å². The largest absolute Gasteiger partial charge is 0.467 e. The van der Waals surface area contributed by atoms with Crippen molar-refractivity contribution in [2.75, 3.05) is 0 Å². The summed E-state index contributed by atoms with van der Waals surface area (Å²) in [6.45, 7) is 2.75. The van der Waals surface area contributed by atoms with Gasteiger partial charge in [0.25, 0.3) is 11.6 Å². The molecule has 0 N–H and O–H groups in total. The van der Waals surface area contributed by atoms with Crippen LogP contribution in [0.5, 0.6) is 0 Å². The van der Waals surface area contributed by atoms with E-state index in [1.807, 2.05) is 12.1 Å². The lowest BCUT2D eigenvalue weighted by atomic mass is 10.1. The van der Waals surface area contributed by atoms with Gasteiger partial charge in [0.05, 0.1) is 24.3 Å². The van der Waals surface area contributed by atoms with Crippen LogP contribution in [0.2, 0.25) is 0 Å². The molecule has 2 unspecified atom stereocenters. The van der Waals surface area contributed by atoms with Gasteiger partial charge in [-0.2, -0.15) is 0 Å². The van der Waals surface area contributed by atoms with E-state index in [1.165, 1.54) is 24.3 Å². The Morgan fingerprint density at radius 1 is 1.14 bits per heavy atom. The number of carbonyl (C=O) groups excluding carboxylic acids is 1. The van der Waals surface area contributed by atoms with E-state index in [1.54, 1.807) is 23.3 Å². The van der Waals surface area contributed by atoms with Crippen molar-refractivity contribution in [3.05, 3.63) is 87.8 Å². The van der Waals surface area contributed by atoms with Crippen molar-refractivity contribution in [2.45, 2.75) is 32.4 Å². The average molecular weight is 380 g/mol. The smallest absolute Gasteiger partial charge is 0.269 e. The fourth-order valence-corrected chi connectivity index (χ4v) is 3.28. The standard InChI is InChI=1S/C21H20N2O5/c1-14-11-19(14)20-9-8-18(28-20)13-22(12-17-3-2-10-27-17)21(24)15-4-6-16(7-5-15)23(25)26/h2-10,14,19H,11-13H2,1H3. The second-order valence-corrected chi connectivity index (χ2v) is 7.17. The Morgan fingerprint density at radius 3 is 2.46 bits per heavy atom. The highest BCUT2D eigenvalue weighted by atomic mass is 16.6. The SMILES string of the molecule is CC1CC1c1ccc(CN(Cc2ccco2)C(=O)c2ccc([N+](=O)[O-])cc2)o1. The highest BCUT2D eigenvalue weighted by molar-refractivity contribution is 5.94. The van der Waals surface area contributed by atoms with Gasteiger partial charge in [0, 0.05) is 23.6 Å². The van der Waals surface area contributed by atoms with Crippen LogP contribution < -0.4 is 0 Å². The maximum atomic E-state index is 13.0. The molecule has 1 aliphatic carbocycles. The monoisotopic (exact) mass is 380 g/mol. The van der Waals surface area contributed by atoms with Crippen molar-refractivity contribution in [2.24, 2.45) is 5.92 Å². The molecule has 28 heavy (non-hydrogen) atoms. The van der Waals surface area contributed by atoms with E-state index < -0.39 is 4.92 Å². The fraction of sp³-hybridized carbons (Fsp3) is 0.286. The first-order valence-electron chi connectivity index (χ1n) is 9.16. The Labute approximate surface area is 161 Å². The summed E-state index contributed by atoms with van der Waals surface area (Å²) < 4.78 is 11.3. The van der Waals surface area contributed by atoms with E-state index in [9.17, 15) is 14.9 Å².